The molecule has 0 aliphatic rings. The molecule has 1 heterocycles. The number of hydrogen-bond donors (Lipinski definition) is 1. The Hall–Kier alpha value is -1.33. The molecule has 6 heteroatoms. The van der Waals surface area contributed by atoms with E-state index in [9.17, 15) is 4.21 Å². The van der Waals surface area contributed by atoms with Gasteiger partial charge in [0.25, 0.3) is 0 Å². The molecule has 1 aromatic carbocycles. The molecule has 0 aliphatic carbocycles. The number of para-hydroxylation sites is 1. The molecule has 0 amide bonds. The highest BCUT2D eigenvalue weighted by molar-refractivity contribution is 7.84. The van der Waals surface area contributed by atoms with Gasteiger partial charge in [-0.2, -0.15) is 5.10 Å². The van der Waals surface area contributed by atoms with Crippen LogP contribution in [0.25, 0.3) is 0 Å². The van der Waals surface area contributed by atoms with Gasteiger partial charge >= 0.3 is 0 Å². The number of nitrogens with two attached hydrogens (primary N) is 1. The second-order valence-electron chi connectivity index (χ2n) is 4.01. The molecule has 4 nitrogen and oxygen atoms in total. The molecule has 1 atom stereocenters. The zero-order valence-corrected chi connectivity index (χ0v) is 11.8. The molecule has 2 rings (SSSR count). The predicted octanol–water partition coefficient (Wildman–Crippen LogP) is 2.27. The van der Waals surface area contributed by atoms with Gasteiger partial charge in [-0.1, -0.05) is 23.7 Å². The fourth-order valence-electron chi connectivity index (χ4n) is 1.73. The topological polar surface area (TPSA) is 60.9 Å². The fraction of sp³-hybridized carbons (Fsp3) is 0.250. The van der Waals surface area contributed by atoms with Crippen LogP contribution in [0.15, 0.2) is 29.2 Å². The Labute approximate surface area is 113 Å². The van der Waals surface area contributed by atoms with Gasteiger partial charge in [-0.15, -0.1) is 0 Å². The molecule has 0 spiro atoms. The van der Waals surface area contributed by atoms with Gasteiger partial charge in [0, 0.05) is 18.3 Å². The second-order valence-corrected chi connectivity index (χ2v) is 5.78. The largest absolute Gasteiger partial charge is 0.398 e. The van der Waals surface area contributed by atoms with Crippen molar-refractivity contribution in [2.45, 2.75) is 17.6 Å². The molecular weight excluding hydrogens is 270 g/mol. The minimum Gasteiger partial charge on any atom is -0.398 e. The van der Waals surface area contributed by atoms with Crippen LogP contribution in [0.4, 0.5) is 5.69 Å². The zero-order valence-electron chi connectivity index (χ0n) is 10.2. The summed E-state index contributed by atoms with van der Waals surface area (Å²) in [4.78, 5) is 0.636. The fourth-order valence-corrected chi connectivity index (χ4v) is 3.38. The van der Waals surface area contributed by atoms with Crippen LogP contribution in [0.3, 0.4) is 0 Å². The van der Waals surface area contributed by atoms with E-state index in [1.54, 1.807) is 23.9 Å². The van der Waals surface area contributed by atoms with Crippen LogP contribution in [-0.2, 0) is 23.6 Å². The number of halogens is 1. The van der Waals surface area contributed by atoms with Crippen LogP contribution < -0.4 is 5.73 Å². The summed E-state index contributed by atoms with van der Waals surface area (Å²) >= 11 is 6.12. The lowest BCUT2D eigenvalue weighted by atomic mass is 10.3. The summed E-state index contributed by atoms with van der Waals surface area (Å²) in [6, 6.07) is 7.15. The van der Waals surface area contributed by atoms with E-state index in [1.807, 2.05) is 19.1 Å². The lowest BCUT2D eigenvalue weighted by Crippen LogP contribution is -2.01. The van der Waals surface area contributed by atoms with Crippen molar-refractivity contribution in [2.75, 3.05) is 5.73 Å². The molecule has 2 aromatic rings. The summed E-state index contributed by atoms with van der Waals surface area (Å²) in [5, 5.41) is 4.72. The number of rotatable bonds is 3. The van der Waals surface area contributed by atoms with Gasteiger partial charge < -0.3 is 5.73 Å². The maximum Gasteiger partial charge on any atom is 0.131 e. The van der Waals surface area contributed by atoms with Crippen molar-refractivity contribution < 1.29 is 4.21 Å². The van der Waals surface area contributed by atoms with Crippen molar-refractivity contribution in [2.24, 2.45) is 7.05 Å². The first-order valence-corrected chi connectivity index (χ1v) is 7.11. The van der Waals surface area contributed by atoms with E-state index >= 15 is 0 Å². The van der Waals surface area contributed by atoms with Gasteiger partial charge in [0.05, 0.1) is 27.1 Å². The van der Waals surface area contributed by atoms with E-state index in [4.69, 9.17) is 17.3 Å². The molecule has 0 radical (unpaired) electrons. The van der Waals surface area contributed by atoms with E-state index in [0.29, 0.717) is 21.5 Å². The molecule has 18 heavy (non-hydrogen) atoms. The van der Waals surface area contributed by atoms with Crippen molar-refractivity contribution in [1.82, 2.24) is 9.78 Å². The lowest BCUT2D eigenvalue weighted by Gasteiger charge is -2.05. The van der Waals surface area contributed by atoms with E-state index in [1.165, 1.54) is 0 Å². The molecule has 0 saturated heterocycles. The molecule has 0 saturated carbocycles. The lowest BCUT2D eigenvalue weighted by molar-refractivity contribution is 0.683. The van der Waals surface area contributed by atoms with E-state index in [2.05, 4.69) is 5.10 Å². The summed E-state index contributed by atoms with van der Waals surface area (Å²) in [7, 11) is 0.547. The van der Waals surface area contributed by atoms with Crippen LogP contribution in [0.1, 0.15) is 11.3 Å². The number of anilines is 1. The van der Waals surface area contributed by atoms with Crippen molar-refractivity contribution in [3.05, 3.63) is 40.7 Å². The van der Waals surface area contributed by atoms with Crippen molar-refractivity contribution in [3.8, 4) is 0 Å². The first kappa shape index (κ1) is 13.1. The third kappa shape index (κ3) is 2.42. The Morgan fingerprint density at radius 3 is 2.67 bits per heavy atom. The summed E-state index contributed by atoms with van der Waals surface area (Å²) in [5.74, 6) is 0.326. The number of aromatic nitrogens is 2. The smallest absolute Gasteiger partial charge is 0.131 e. The highest BCUT2D eigenvalue weighted by Crippen LogP contribution is 2.24. The van der Waals surface area contributed by atoms with Gasteiger partial charge in [-0.3, -0.25) is 8.89 Å². The average molecular weight is 284 g/mol. The van der Waals surface area contributed by atoms with Gasteiger partial charge in [0.1, 0.15) is 5.15 Å². The molecule has 96 valence electrons. The van der Waals surface area contributed by atoms with E-state index < -0.39 is 10.8 Å². The standard InChI is InChI=1S/C12H14ClN3OS/c1-8-9(12(13)16(2)15-8)7-18(17)11-6-4-3-5-10(11)14/h3-6H,7,14H2,1-2H3. The van der Waals surface area contributed by atoms with Crippen LogP contribution in [0, 0.1) is 6.92 Å². The number of hydrogen-bond acceptors (Lipinski definition) is 3. The number of benzene rings is 1. The third-order valence-corrected chi connectivity index (χ3v) is 4.60. The van der Waals surface area contributed by atoms with E-state index in [-0.39, 0.29) is 0 Å². The second kappa shape index (κ2) is 5.12. The highest BCUT2D eigenvalue weighted by Gasteiger charge is 2.16. The van der Waals surface area contributed by atoms with Crippen molar-refractivity contribution >= 4 is 28.1 Å². The van der Waals surface area contributed by atoms with Crippen molar-refractivity contribution in [3.63, 3.8) is 0 Å². The predicted molar refractivity (Wildman–Crippen MR) is 73.9 cm³/mol. The molecule has 1 aromatic heterocycles. The number of nitrogen functional groups attached to an aromatic ring is 1. The Bertz CT molecular complexity index is 609. The Kier molecular flexibility index (Phi) is 3.73. The van der Waals surface area contributed by atoms with Gasteiger partial charge in [-0.05, 0) is 19.1 Å². The zero-order chi connectivity index (χ0) is 13.3. The minimum absolute atomic E-state index is 0.326. The maximum atomic E-state index is 12.3. The van der Waals surface area contributed by atoms with E-state index in [0.717, 1.165) is 11.3 Å². The molecular formula is C12H14ClN3OS. The van der Waals surface area contributed by atoms with Gasteiger partial charge in [0.2, 0.25) is 0 Å². The SMILES string of the molecule is Cc1nn(C)c(Cl)c1CS(=O)c1ccccc1N. The van der Waals surface area contributed by atoms with Crippen LogP contribution in [0.2, 0.25) is 5.15 Å². The molecule has 1 unspecified atom stereocenters. The Balaban J connectivity index is 2.30. The van der Waals surface area contributed by atoms with Gasteiger partial charge in [0.15, 0.2) is 0 Å². The first-order valence-electron chi connectivity index (χ1n) is 5.41. The summed E-state index contributed by atoms with van der Waals surface area (Å²) in [6.07, 6.45) is 0. The summed E-state index contributed by atoms with van der Waals surface area (Å²) in [5.41, 5.74) is 7.95. The number of aryl methyl sites for hydroxylation is 2. The molecule has 0 bridgehead atoms. The normalized spacial score (nSPS) is 12.6. The van der Waals surface area contributed by atoms with Crippen LogP contribution in [0.5, 0.6) is 0 Å². The Morgan fingerprint density at radius 2 is 2.11 bits per heavy atom. The summed E-state index contributed by atoms with van der Waals surface area (Å²) < 4.78 is 13.9. The number of nitrogens with zero attached hydrogens (tertiary/aromatic N) is 2. The molecule has 0 aliphatic heterocycles. The minimum atomic E-state index is -1.22. The molecule has 2 N–H and O–H groups in total. The highest BCUT2D eigenvalue weighted by atomic mass is 35.5. The van der Waals surface area contributed by atoms with Crippen LogP contribution >= 0.6 is 11.6 Å². The quantitative estimate of drug-likeness (QED) is 0.879. The molecule has 0 fully saturated rings. The first-order chi connectivity index (χ1) is 8.50. The summed E-state index contributed by atoms with van der Waals surface area (Å²) in [6.45, 7) is 1.85. The third-order valence-electron chi connectivity index (χ3n) is 2.71. The maximum absolute atomic E-state index is 12.3. The van der Waals surface area contributed by atoms with Crippen molar-refractivity contribution in [1.29, 1.82) is 0 Å². The van der Waals surface area contributed by atoms with Crippen LogP contribution in [-0.4, -0.2) is 14.0 Å². The Morgan fingerprint density at radius 1 is 1.44 bits per heavy atom. The average Bonchev–Trinajstić information content (AvgIpc) is 2.56. The monoisotopic (exact) mass is 283 g/mol. The van der Waals surface area contributed by atoms with Gasteiger partial charge in [-0.25, -0.2) is 0 Å².